The van der Waals surface area contributed by atoms with Gasteiger partial charge in [-0.2, -0.15) is 52.6 Å². The van der Waals surface area contributed by atoms with Gasteiger partial charge in [0.25, 0.3) is 0 Å². The van der Waals surface area contributed by atoms with Gasteiger partial charge < -0.3 is 9.13 Å². The van der Waals surface area contributed by atoms with Crippen molar-refractivity contribution in [2.45, 2.75) is 0 Å². The fourth-order valence-corrected chi connectivity index (χ4v) is 11.8. The molecule has 3 aromatic heterocycles. The third-order valence-corrected chi connectivity index (χ3v) is 15.7. The number of benzene rings is 10. The van der Waals surface area contributed by atoms with E-state index >= 15 is 0 Å². The van der Waals surface area contributed by atoms with E-state index in [-0.39, 0.29) is 0 Å². The summed E-state index contributed by atoms with van der Waals surface area (Å²) in [7, 11) is 0. The molecule has 0 spiro atoms. The summed E-state index contributed by atoms with van der Waals surface area (Å²) in [6.45, 7) is 0. The average molecular weight is 1120 g/mol. The first-order chi connectivity index (χ1) is 43.1. The lowest BCUT2D eigenvalue weighted by Crippen LogP contribution is -2.05. The third kappa shape index (κ3) is 9.12. The van der Waals surface area contributed by atoms with Crippen molar-refractivity contribution in [3.63, 3.8) is 0 Å². The molecule has 0 aliphatic carbocycles. The quantitative estimate of drug-likeness (QED) is 0.138. The van der Waals surface area contributed by atoms with Gasteiger partial charge in [-0.15, -0.1) is 0 Å². The smallest absolute Gasteiger partial charge is 0.0992 e. The maximum absolute atomic E-state index is 11.1. The number of pyridine rings is 1. The first-order valence-electron chi connectivity index (χ1n) is 27.1. The lowest BCUT2D eigenvalue weighted by Gasteiger charge is -2.22. The van der Waals surface area contributed by atoms with Gasteiger partial charge in [0, 0.05) is 44.4 Å². The summed E-state index contributed by atoms with van der Waals surface area (Å²) >= 11 is 0. The van der Waals surface area contributed by atoms with Crippen LogP contribution in [0.2, 0.25) is 0 Å². The van der Waals surface area contributed by atoms with Gasteiger partial charge in [-0.25, -0.2) is 0 Å². The van der Waals surface area contributed by atoms with Crippen LogP contribution >= 0.6 is 0 Å². The molecule has 88 heavy (non-hydrogen) atoms. The number of rotatable bonds is 8. The molecule has 0 aliphatic heterocycles. The van der Waals surface area contributed by atoms with E-state index < -0.39 is 0 Å². The zero-order valence-electron chi connectivity index (χ0n) is 45.9. The Hall–Kier alpha value is -14.2. The molecular formula is C75H33N13. The Bertz CT molecular complexity index is 5320. The molecule has 0 atom stereocenters. The Morgan fingerprint density at radius 2 is 0.580 bits per heavy atom. The highest BCUT2D eigenvalue weighted by Crippen LogP contribution is 2.47. The molecule has 0 bridgehead atoms. The Kier molecular flexibility index (Phi) is 13.1. The molecule has 13 nitrogen and oxygen atoms in total. The summed E-state index contributed by atoms with van der Waals surface area (Å²) in [6, 6.07) is 80.4. The lowest BCUT2D eigenvalue weighted by atomic mass is 9.93. The minimum absolute atomic E-state index is 0.306. The topological polar surface area (TPSA) is 261 Å². The van der Waals surface area contributed by atoms with Crippen LogP contribution in [0.25, 0.3) is 122 Å². The molecule has 13 heteroatoms. The summed E-state index contributed by atoms with van der Waals surface area (Å²) in [6.07, 6.45) is 1.68. The van der Waals surface area contributed by atoms with Crippen LogP contribution in [-0.2, 0) is 0 Å². The standard InChI is InChI=1S/C75H33N13/c76-34-44-4-9-62(74(29-44)87-70-10-5-54(58-19-45(35-77)15-46(20-58)36-78)30-63(70)64-31-55(6-11-71(64)87)59-21-47(37-79)16-48(22-59)38-80)67-27-53(43-85)28-68(69-3-1-2-14-86-69)75(67)88-72-12-7-56(60-23-49(39-81)17-50(24-60)40-82)32-65(72)66-33-57(8-13-73(66)88)61-25-51(41-83)18-52(26-61)42-84/h1-33H. The molecule has 0 N–H and O–H groups in total. The number of fused-ring (bicyclic) bond motifs is 6. The lowest BCUT2D eigenvalue weighted by molar-refractivity contribution is 1.15. The van der Waals surface area contributed by atoms with E-state index in [0.717, 1.165) is 21.5 Å². The van der Waals surface area contributed by atoms with Crippen LogP contribution in [0.5, 0.6) is 0 Å². The van der Waals surface area contributed by atoms with Crippen molar-refractivity contribution in [1.29, 1.82) is 52.6 Å². The van der Waals surface area contributed by atoms with Gasteiger partial charge in [0.2, 0.25) is 0 Å². The van der Waals surface area contributed by atoms with Crippen molar-refractivity contribution in [3.8, 4) is 139 Å². The van der Waals surface area contributed by atoms with E-state index in [0.29, 0.717) is 156 Å². The highest BCUT2D eigenvalue weighted by Gasteiger charge is 2.27. The van der Waals surface area contributed by atoms with Crippen molar-refractivity contribution >= 4 is 43.6 Å². The van der Waals surface area contributed by atoms with Gasteiger partial charge in [0.15, 0.2) is 0 Å². The molecule has 0 unspecified atom stereocenters. The normalized spacial score (nSPS) is 10.6. The zero-order chi connectivity index (χ0) is 60.7. The predicted molar refractivity (Wildman–Crippen MR) is 333 cm³/mol. The van der Waals surface area contributed by atoms with Crippen LogP contribution in [0, 0.1) is 113 Å². The van der Waals surface area contributed by atoms with Crippen molar-refractivity contribution in [1.82, 2.24) is 14.1 Å². The van der Waals surface area contributed by atoms with Crippen LogP contribution in [0.15, 0.2) is 200 Å². The van der Waals surface area contributed by atoms with E-state index in [1.54, 1.807) is 66.9 Å². The second-order valence-corrected chi connectivity index (χ2v) is 20.8. The number of hydrogen-bond acceptors (Lipinski definition) is 11. The van der Waals surface area contributed by atoms with Crippen molar-refractivity contribution < 1.29 is 0 Å². The van der Waals surface area contributed by atoms with Crippen LogP contribution in [0.4, 0.5) is 0 Å². The minimum Gasteiger partial charge on any atom is -0.309 e. The van der Waals surface area contributed by atoms with Crippen molar-refractivity contribution in [2.75, 3.05) is 0 Å². The summed E-state index contributed by atoms with van der Waals surface area (Å²) in [5.41, 5.74) is 14.8. The highest BCUT2D eigenvalue weighted by atomic mass is 15.0. The van der Waals surface area contributed by atoms with Gasteiger partial charge in [-0.1, -0.05) is 36.4 Å². The molecule has 13 aromatic rings. The molecule has 0 fully saturated rings. The van der Waals surface area contributed by atoms with E-state index in [1.165, 1.54) is 24.3 Å². The maximum Gasteiger partial charge on any atom is 0.0992 e. The largest absolute Gasteiger partial charge is 0.309 e. The third-order valence-electron chi connectivity index (χ3n) is 15.7. The number of nitrogens with zero attached hydrogens (tertiary/aromatic N) is 13. The van der Waals surface area contributed by atoms with Gasteiger partial charge in [0.1, 0.15) is 0 Å². The molecule has 0 saturated carbocycles. The van der Waals surface area contributed by atoms with E-state index in [4.69, 9.17) is 4.98 Å². The van der Waals surface area contributed by atoms with E-state index in [2.05, 4.69) is 69.8 Å². The molecule has 10 aromatic carbocycles. The summed E-state index contributed by atoms with van der Waals surface area (Å²) < 4.78 is 4.19. The zero-order valence-corrected chi connectivity index (χ0v) is 45.9. The van der Waals surface area contributed by atoms with Crippen molar-refractivity contribution in [3.05, 3.63) is 256 Å². The molecule has 3 heterocycles. The highest BCUT2D eigenvalue weighted by molar-refractivity contribution is 6.15. The molecular weight excluding hydrogens is 1080 g/mol. The second-order valence-electron chi connectivity index (χ2n) is 20.8. The van der Waals surface area contributed by atoms with E-state index in [1.807, 2.05) is 109 Å². The SMILES string of the molecule is N#Cc1cc(C#N)cc(-c2ccc3c(c2)c2cc(-c4cc(C#N)cc(C#N)c4)ccc2n3-c2cc(C#N)ccc2-c2cc(C#N)cc(-c3ccccn3)c2-n2c3ccc(-c4cc(C#N)cc(C#N)c4)cc3c3cc(-c4cc(C#N)cc(C#N)c4)ccc32)c1. The molecule has 13 rings (SSSR count). The van der Waals surface area contributed by atoms with E-state index in [9.17, 15) is 52.6 Å². The van der Waals surface area contributed by atoms with Gasteiger partial charge in [0.05, 0.1) is 155 Å². The average Bonchev–Trinajstić information content (AvgIpc) is 1.66. The Morgan fingerprint density at radius 1 is 0.250 bits per heavy atom. The molecule has 0 saturated heterocycles. The maximum atomic E-state index is 11.1. The van der Waals surface area contributed by atoms with Gasteiger partial charge in [-0.05, 0) is 202 Å². The predicted octanol–water partition coefficient (Wildman–Crippen LogP) is 16.0. The van der Waals surface area contributed by atoms with Crippen molar-refractivity contribution in [2.24, 2.45) is 0 Å². The number of hydrogen-bond donors (Lipinski definition) is 0. The first-order valence-corrected chi connectivity index (χ1v) is 27.1. The number of nitriles is 10. The molecule has 0 radical (unpaired) electrons. The Labute approximate surface area is 502 Å². The fourth-order valence-electron chi connectivity index (χ4n) is 11.8. The monoisotopic (exact) mass is 1120 g/mol. The summed E-state index contributed by atoms with van der Waals surface area (Å²) in [5.74, 6) is 0. The van der Waals surface area contributed by atoms with Crippen LogP contribution in [0.3, 0.4) is 0 Å². The first kappa shape index (κ1) is 53.2. The van der Waals surface area contributed by atoms with Crippen LogP contribution < -0.4 is 0 Å². The fraction of sp³-hybridized carbons (Fsp3) is 0. The Morgan fingerprint density at radius 3 is 0.909 bits per heavy atom. The van der Waals surface area contributed by atoms with Crippen LogP contribution in [0.1, 0.15) is 55.6 Å². The molecule has 398 valence electrons. The van der Waals surface area contributed by atoms with Gasteiger partial charge in [-0.3, -0.25) is 4.98 Å². The second kappa shape index (κ2) is 21.6. The summed E-state index contributed by atoms with van der Waals surface area (Å²) in [4.78, 5) is 4.91. The molecule has 0 aliphatic rings. The van der Waals surface area contributed by atoms with Crippen LogP contribution in [-0.4, -0.2) is 14.1 Å². The summed E-state index contributed by atoms with van der Waals surface area (Å²) in [5, 5.41) is 105. The Balaban J connectivity index is 1.15. The minimum atomic E-state index is 0.306. The van der Waals surface area contributed by atoms with Gasteiger partial charge >= 0.3 is 0 Å². The number of aromatic nitrogens is 3. The molecule has 0 amide bonds.